The van der Waals surface area contributed by atoms with Gasteiger partial charge in [0.05, 0.1) is 0 Å². The number of halogens is 1. The summed E-state index contributed by atoms with van der Waals surface area (Å²) in [7, 11) is -2.49. The molecule has 0 bridgehead atoms. The van der Waals surface area contributed by atoms with Gasteiger partial charge in [0.1, 0.15) is 0 Å². The standard InChI is InChI=1S/C22H28IN3OSi/c1-22(2,3)28(18-10-6-4-7-11-18,19-12-8-5-9-13-19)27-16-17-14-20(23)21(15-17)25-26-24/h4-13,17,20-21H,14-16H2,1-3H3/t17-,20-,21-/m1/s1. The van der Waals surface area contributed by atoms with Gasteiger partial charge < -0.3 is 4.43 Å². The minimum Gasteiger partial charge on any atom is -0.407 e. The number of rotatable bonds is 6. The van der Waals surface area contributed by atoms with Crippen molar-refractivity contribution in [1.29, 1.82) is 0 Å². The fourth-order valence-corrected chi connectivity index (χ4v) is 10.2. The van der Waals surface area contributed by atoms with Gasteiger partial charge in [-0.2, -0.15) is 0 Å². The number of hydrogen-bond acceptors (Lipinski definition) is 2. The third kappa shape index (κ3) is 4.30. The van der Waals surface area contributed by atoms with Crippen molar-refractivity contribution in [2.45, 2.75) is 48.6 Å². The predicted molar refractivity (Wildman–Crippen MR) is 127 cm³/mol. The molecular weight excluding hydrogens is 477 g/mol. The molecule has 0 aromatic heterocycles. The SMILES string of the molecule is CC(C)(C)[Si](OC[C@@H]1C[C@@H](I)[C@H](N=[N+]=[N-])C1)(c1ccccc1)c1ccccc1. The van der Waals surface area contributed by atoms with Gasteiger partial charge in [-0.25, -0.2) is 0 Å². The minimum atomic E-state index is -2.49. The molecule has 0 radical (unpaired) electrons. The van der Waals surface area contributed by atoms with Gasteiger partial charge in [-0.05, 0) is 39.7 Å². The van der Waals surface area contributed by atoms with Crippen LogP contribution in [0.15, 0.2) is 65.8 Å². The van der Waals surface area contributed by atoms with E-state index >= 15 is 0 Å². The molecule has 2 aromatic rings. The molecule has 0 saturated heterocycles. The third-order valence-corrected chi connectivity index (χ3v) is 12.0. The summed E-state index contributed by atoms with van der Waals surface area (Å²) in [6.07, 6.45) is 1.96. The molecule has 2 aromatic carbocycles. The lowest BCUT2D eigenvalue weighted by atomic mass is 10.1. The van der Waals surface area contributed by atoms with Gasteiger partial charge in [-0.15, -0.1) is 0 Å². The molecule has 1 fully saturated rings. The first-order valence-electron chi connectivity index (χ1n) is 9.82. The van der Waals surface area contributed by atoms with Gasteiger partial charge in [0.15, 0.2) is 0 Å². The van der Waals surface area contributed by atoms with Crippen molar-refractivity contribution in [2.24, 2.45) is 11.0 Å². The largest absolute Gasteiger partial charge is 0.407 e. The van der Waals surface area contributed by atoms with E-state index in [1.165, 1.54) is 10.4 Å². The molecular formula is C22H28IN3OSi. The minimum absolute atomic E-state index is 0.0117. The number of nitrogens with zero attached hydrogens (tertiary/aromatic N) is 3. The van der Waals surface area contributed by atoms with E-state index in [0.717, 1.165) is 12.8 Å². The van der Waals surface area contributed by atoms with Crippen LogP contribution in [0, 0.1) is 5.92 Å². The molecule has 0 aliphatic heterocycles. The molecule has 28 heavy (non-hydrogen) atoms. The number of benzene rings is 2. The molecule has 1 saturated carbocycles. The molecule has 3 rings (SSSR count). The Morgan fingerprint density at radius 1 is 1.04 bits per heavy atom. The first-order valence-corrected chi connectivity index (χ1v) is 13.0. The Morgan fingerprint density at radius 2 is 1.57 bits per heavy atom. The van der Waals surface area contributed by atoms with Gasteiger partial charge in [0, 0.05) is 21.5 Å². The van der Waals surface area contributed by atoms with E-state index in [9.17, 15) is 0 Å². The second-order valence-electron chi connectivity index (χ2n) is 8.60. The van der Waals surface area contributed by atoms with Crippen LogP contribution in [0.3, 0.4) is 0 Å². The average Bonchev–Trinajstić information content (AvgIpc) is 3.03. The Kier molecular flexibility index (Phi) is 6.86. The Morgan fingerprint density at radius 3 is 2.04 bits per heavy atom. The van der Waals surface area contributed by atoms with E-state index in [1.807, 2.05) is 0 Å². The smallest absolute Gasteiger partial charge is 0.261 e. The van der Waals surface area contributed by atoms with E-state index in [1.54, 1.807) is 0 Å². The topological polar surface area (TPSA) is 58.0 Å². The van der Waals surface area contributed by atoms with Crippen molar-refractivity contribution in [2.75, 3.05) is 6.61 Å². The lowest BCUT2D eigenvalue weighted by Crippen LogP contribution is -2.66. The number of alkyl halides is 1. The average molecular weight is 505 g/mol. The third-order valence-electron chi connectivity index (χ3n) is 5.70. The lowest BCUT2D eigenvalue weighted by molar-refractivity contribution is 0.237. The Labute approximate surface area is 182 Å². The maximum atomic E-state index is 8.82. The zero-order valence-electron chi connectivity index (χ0n) is 16.8. The zero-order chi connectivity index (χ0) is 20.2. The van der Waals surface area contributed by atoms with Crippen molar-refractivity contribution >= 4 is 41.3 Å². The molecule has 0 heterocycles. The van der Waals surface area contributed by atoms with Crippen molar-refractivity contribution < 1.29 is 4.43 Å². The van der Waals surface area contributed by atoms with Crippen LogP contribution in [0.2, 0.25) is 5.04 Å². The quantitative estimate of drug-likeness (QED) is 0.129. The summed E-state index contributed by atoms with van der Waals surface area (Å²) < 4.78 is 7.42. The highest BCUT2D eigenvalue weighted by Crippen LogP contribution is 2.39. The van der Waals surface area contributed by atoms with E-state index in [-0.39, 0.29) is 11.1 Å². The fourth-order valence-electron chi connectivity index (χ4n) is 4.39. The van der Waals surface area contributed by atoms with Crippen molar-refractivity contribution in [3.05, 3.63) is 71.1 Å². The zero-order valence-corrected chi connectivity index (χ0v) is 19.9. The monoisotopic (exact) mass is 505 g/mol. The molecule has 4 nitrogen and oxygen atoms in total. The first kappa shape index (κ1) is 21.4. The molecule has 148 valence electrons. The summed E-state index contributed by atoms with van der Waals surface area (Å²) in [6, 6.07) is 21.6. The summed E-state index contributed by atoms with van der Waals surface area (Å²) >= 11 is 2.42. The van der Waals surface area contributed by atoms with Crippen molar-refractivity contribution in [3.63, 3.8) is 0 Å². The summed E-state index contributed by atoms with van der Waals surface area (Å²) in [6.45, 7) is 7.62. The highest BCUT2D eigenvalue weighted by Gasteiger charge is 2.50. The van der Waals surface area contributed by atoms with E-state index < -0.39 is 8.32 Å². The Hall–Kier alpha value is -1.34. The van der Waals surface area contributed by atoms with Crippen LogP contribution >= 0.6 is 22.6 Å². The molecule has 0 amide bonds. The Balaban J connectivity index is 1.96. The molecule has 1 aliphatic rings. The number of hydrogen-bond donors (Lipinski definition) is 0. The van der Waals surface area contributed by atoms with Crippen LogP contribution in [0.5, 0.6) is 0 Å². The van der Waals surface area contributed by atoms with E-state index in [2.05, 4.69) is 114 Å². The number of azide groups is 1. The summed E-state index contributed by atoms with van der Waals surface area (Å²) in [5, 5.41) is 6.60. The normalized spacial score (nSPS) is 22.6. The van der Waals surface area contributed by atoms with Gasteiger partial charge in [-0.3, -0.25) is 0 Å². The van der Waals surface area contributed by atoms with Crippen LogP contribution in [0.25, 0.3) is 10.4 Å². The molecule has 1 aliphatic carbocycles. The van der Waals surface area contributed by atoms with Gasteiger partial charge in [0.2, 0.25) is 0 Å². The second kappa shape index (κ2) is 8.99. The van der Waals surface area contributed by atoms with Crippen LogP contribution in [0.4, 0.5) is 0 Å². The van der Waals surface area contributed by atoms with Gasteiger partial charge >= 0.3 is 0 Å². The van der Waals surface area contributed by atoms with Gasteiger partial charge in [-0.1, -0.05) is 109 Å². The maximum Gasteiger partial charge on any atom is 0.261 e. The van der Waals surface area contributed by atoms with Crippen molar-refractivity contribution in [3.8, 4) is 0 Å². The van der Waals surface area contributed by atoms with E-state index in [4.69, 9.17) is 9.96 Å². The summed E-state index contributed by atoms with van der Waals surface area (Å²) in [5.74, 6) is 0.430. The fraction of sp³-hybridized carbons (Fsp3) is 0.455. The lowest BCUT2D eigenvalue weighted by Gasteiger charge is -2.43. The molecule has 0 spiro atoms. The molecule has 0 N–H and O–H groups in total. The summed E-state index contributed by atoms with van der Waals surface area (Å²) in [5.41, 5.74) is 8.82. The van der Waals surface area contributed by atoms with Crippen molar-refractivity contribution in [1.82, 2.24) is 0 Å². The van der Waals surface area contributed by atoms with E-state index in [0.29, 0.717) is 16.4 Å². The molecule has 3 atom stereocenters. The second-order valence-corrected chi connectivity index (χ2v) is 14.5. The van der Waals surface area contributed by atoms with Crippen LogP contribution < -0.4 is 10.4 Å². The molecule has 6 heteroatoms. The summed E-state index contributed by atoms with van der Waals surface area (Å²) in [4.78, 5) is 3.03. The van der Waals surface area contributed by atoms with Crippen LogP contribution in [-0.2, 0) is 4.43 Å². The van der Waals surface area contributed by atoms with Crippen LogP contribution in [-0.4, -0.2) is 24.9 Å². The first-order chi connectivity index (χ1) is 13.4. The van der Waals surface area contributed by atoms with Crippen LogP contribution in [0.1, 0.15) is 33.6 Å². The Bertz CT molecular complexity index is 779. The predicted octanol–water partition coefficient (Wildman–Crippen LogP) is 5.46. The molecule has 0 unspecified atom stereocenters. The van der Waals surface area contributed by atoms with Gasteiger partial charge in [0.25, 0.3) is 8.32 Å². The highest BCUT2D eigenvalue weighted by molar-refractivity contribution is 14.1. The highest BCUT2D eigenvalue weighted by atomic mass is 127. The maximum absolute atomic E-state index is 8.82.